The highest BCUT2D eigenvalue weighted by molar-refractivity contribution is 4.78. The van der Waals surface area contributed by atoms with Crippen molar-refractivity contribution in [2.45, 2.75) is 38.8 Å². The fourth-order valence-electron chi connectivity index (χ4n) is 2.29. The van der Waals surface area contributed by atoms with Crippen molar-refractivity contribution in [3.8, 4) is 0 Å². The van der Waals surface area contributed by atoms with E-state index in [0.717, 1.165) is 39.3 Å². The van der Waals surface area contributed by atoms with Crippen molar-refractivity contribution in [2.75, 3.05) is 40.0 Å². The lowest BCUT2D eigenvalue weighted by molar-refractivity contribution is 0.0867. The third kappa shape index (κ3) is 5.82. The maximum atomic E-state index is 5.69. The Morgan fingerprint density at radius 3 is 3.00 bits per heavy atom. The summed E-state index contributed by atoms with van der Waals surface area (Å²) in [4.78, 5) is 0. The predicted octanol–water partition coefficient (Wildman–Crippen LogP) is 1.02. The summed E-state index contributed by atoms with van der Waals surface area (Å²) >= 11 is 0. The van der Waals surface area contributed by atoms with Crippen LogP contribution in [0.1, 0.15) is 26.7 Å². The summed E-state index contributed by atoms with van der Waals surface area (Å²) in [5, 5.41) is 6.95. The molecule has 4 heteroatoms. The quantitative estimate of drug-likeness (QED) is 0.594. The Bertz CT molecular complexity index is 190. The molecule has 0 aromatic heterocycles. The first-order chi connectivity index (χ1) is 8.27. The van der Waals surface area contributed by atoms with E-state index >= 15 is 0 Å². The zero-order chi connectivity index (χ0) is 12.5. The van der Waals surface area contributed by atoms with Crippen LogP contribution in [0.4, 0.5) is 0 Å². The van der Waals surface area contributed by atoms with Crippen LogP contribution in [-0.4, -0.2) is 52.1 Å². The molecule has 0 amide bonds. The summed E-state index contributed by atoms with van der Waals surface area (Å²) in [7, 11) is 1.73. The van der Waals surface area contributed by atoms with Crippen LogP contribution in [0.2, 0.25) is 0 Å². The zero-order valence-corrected chi connectivity index (χ0v) is 11.5. The first kappa shape index (κ1) is 14.9. The van der Waals surface area contributed by atoms with Gasteiger partial charge in [-0.05, 0) is 25.7 Å². The number of rotatable bonds is 9. The molecule has 0 spiro atoms. The van der Waals surface area contributed by atoms with Crippen molar-refractivity contribution in [1.82, 2.24) is 10.6 Å². The van der Waals surface area contributed by atoms with Gasteiger partial charge in [0.2, 0.25) is 0 Å². The van der Waals surface area contributed by atoms with Gasteiger partial charge in [-0.3, -0.25) is 0 Å². The molecule has 1 aliphatic rings. The second kappa shape index (κ2) is 8.86. The summed E-state index contributed by atoms with van der Waals surface area (Å²) < 4.78 is 10.7. The molecular weight excluding hydrogens is 216 g/mol. The Morgan fingerprint density at radius 1 is 1.47 bits per heavy atom. The zero-order valence-electron chi connectivity index (χ0n) is 11.5. The van der Waals surface area contributed by atoms with Gasteiger partial charge in [-0.1, -0.05) is 6.92 Å². The van der Waals surface area contributed by atoms with Crippen LogP contribution < -0.4 is 10.6 Å². The molecule has 0 bridgehead atoms. The van der Waals surface area contributed by atoms with Crippen LogP contribution in [-0.2, 0) is 9.47 Å². The molecule has 17 heavy (non-hydrogen) atoms. The average Bonchev–Trinajstić information content (AvgIpc) is 2.79. The molecule has 1 rings (SSSR count). The summed E-state index contributed by atoms with van der Waals surface area (Å²) in [5.74, 6) is 0.696. The highest BCUT2D eigenvalue weighted by atomic mass is 16.5. The molecule has 0 saturated carbocycles. The van der Waals surface area contributed by atoms with Crippen LogP contribution in [0.15, 0.2) is 0 Å². The summed E-state index contributed by atoms with van der Waals surface area (Å²) in [5.41, 5.74) is 0. The van der Waals surface area contributed by atoms with Gasteiger partial charge in [-0.25, -0.2) is 0 Å². The van der Waals surface area contributed by atoms with Gasteiger partial charge < -0.3 is 20.1 Å². The fourth-order valence-corrected chi connectivity index (χ4v) is 2.29. The molecule has 3 unspecified atom stereocenters. The van der Waals surface area contributed by atoms with Gasteiger partial charge in [-0.2, -0.15) is 0 Å². The summed E-state index contributed by atoms with van der Waals surface area (Å²) in [6.07, 6.45) is 2.80. The van der Waals surface area contributed by atoms with Crippen LogP contribution in [0, 0.1) is 5.92 Å². The summed E-state index contributed by atoms with van der Waals surface area (Å²) in [6, 6.07) is 0.505. The molecule has 1 fully saturated rings. The maximum absolute atomic E-state index is 5.69. The molecule has 4 nitrogen and oxygen atoms in total. The largest absolute Gasteiger partial charge is 0.383 e. The van der Waals surface area contributed by atoms with E-state index in [-0.39, 0.29) is 0 Å². The molecule has 0 radical (unpaired) electrons. The minimum atomic E-state index is 0.469. The van der Waals surface area contributed by atoms with Crippen LogP contribution >= 0.6 is 0 Å². The van der Waals surface area contributed by atoms with Gasteiger partial charge in [0.15, 0.2) is 0 Å². The maximum Gasteiger partial charge on any atom is 0.0613 e. The molecule has 0 aliphatic carbocycles. The first-order valence-corrected chi connectivity index (χ1v) is 6.82. The Balaban J connectivity index is 2.04. The minimum absolute atomic E-state index is 0.469. The Morgan fingerprint density at radius 2 is 2.29 bits per heavy atom. The van der Waals surface area contributed by atoms with Crippen molar-refractivity contribution in [2.24, 2.45) is 5.92 Å². The van der Waals surface area contributed by atoms with Gasteiger partial charge in [0.05, 0.1) is 12.7 Å². The van der Waals surface area contributed by atoms with Crippen molar-refractivity contribution >= 4 is 0 Å². The number of ether oxygens (including phenoxy) is 2. The van der Waals surface area contributed by atoms with Crippen molar-refractivity contribution in [1.29, 1.82) is 0 Å². The highest BCUT2D eigenvalue weighted by Gasteiger charge is 2.26. The standard InChI is InChI=1S/C13H28N2O2/c1-4-13-12(5-7-17-13)10-15-11(2)9-14-6-8-16-3/h11-15H,4-10H2,1-3H3. The molecule has 0 aromatic rings. The highest BCUT2D eigenvalue weighted by Crippen LogP contribution is 2.22. The average molecular weight is 244 g/mol. The van der Waals surface area contributed by atoms with Gasteiger partial charge in [0, 0.05) is 39.4 Å². The van der Waals surface area contributed by atoms with E-state index in [9.17, 15) is 0 Å². The number of hydrogen-bond acceptors (Lipinski definition) is 4. The molecule has 1 heterocycles. The van der Waals surface area contributed by atoms with E-state index in [1.165, 1.54) is 6.42 Å². The lowest BCUT2D eigenvalue weighted by Crippen LogP contribution is -2.40. The number of hydrogen-bond donors (Lipinski definition) is 2. The second-order valence-electron chi connectivity index (χ2n) is 4.87. The topological polar surface area (TPSA) is 42.5 Å². The molecule has 0 aromatic carbocycles. The third-order valence-electron chi connectivity index (χ3n) is 3.41. The van der Waals surface area contributed by atoms with Gasteiger partial charge in [-0.15, -0.1) is 0 Å². The van der Waals surface area contributed by atoms with Gasteiger partial charge in [0.1, 0.15) is 0 Å². The van der Waals surface area contributed by atoms with Gasteiger partial charge >= 0.3 is 0 Å². The molecule has 102 valence electrons. The lowest BCUT2D eigenvalue weighted by Gasteiger charge is -2.21. The first-order valence-electron chi connectivity index (χ1n) is 6.82. The van der Waals surface area contributed by atoms with Crippen molar-refractivity contribution < 1.29 is 9.47 Å². The normalized spacial score (nSPS) is 26.3. The van der Waals surface area contributed by atoms with E-state index in [1.807, 2.05) is 0 Å². The van der Waals surface area contributed by atoms with E-state index in [1.54, 1.807) is 7.11 Å². The second-order valence-corrected chi connectivity index (χ2v) is 4.87. The molecule has 3 atom stereocenters. The van der Waals surface area contributed by atoms with Gasteiger partial charge in [0.25, 0.3) is 0 Å². The van der Waals surface area contributed by atoms with Crippen molar-refractivity contribution in [3.63, 3.8) is 0 Å². The summed E-state index contributed by atoms with van der Waals surface area (Å²) in [6.45, 7) is 9.13. The van der Waals surface area contributed by atoms with E-state index in [4.69, 9.17) is 9.47 Å². The smallest absolute Gasteiger partial charge is 0.0613 e. The van der Waals surface area contributed by atoms with E-state index in [0.29, 0.717) is 18.1 Å². The van der Waals surface area contributed by atoms with Crippen LogP contribution in [0.5, 0.6) is 0 Å². The minimum Gasteiger partial charge on any atom is -0.383 e. The lowest BCUT2D eigenvalue weighted by atomic mass is 9.99. The third-order valence-corrected chi connectivity index (χ3v) is 3.41. The number of methoxy groups -OCH3 is 1. The molecule has 1 saturated heterocycles. The predicted molar refractivity (Wildman–Crippen MR) is 70.3 cm³/mol. The monoisotopic (exact) mass is 244 g/mol. The van der Waals surface area contributed by atoms with Crippen LogP contribution in [0.3, 0.4) is 0 Å². The van der Waals surface area contributed by atoms with Crippen LogP contribution in [0.25, 0.3) is 0 Å². The van der Waals surface area contributed by atoms with E-state index in [2.05, 4.69) is 24.5 Å². The van der Waals surface area contributed by atoms with Crippen molar-refractivity contribution in [3.05, 3.63) is 0 Å². The molecule has 1 aliphatic heterocycles. The molecular formula is C13H28N2O2. The fraction of sp³-hybridized carbons (Fsp3) is 1.00. The van der Waals surface area contributed by atoms with E-state index < -0.39 is 0 Å². The Labute approximate surface area is 105 Å². The Hall–Kier alpha value is -0.160. The SMILES string of the molecule is CCC1OCCC1CNC(C)CNCCOC. The Kier molecular flexibility index (Phi) is 7.77. The molecule has 2 N–H and O–H groups in total. The number of nitrogens with one attached hydrogen (secondary N) is 2.